The van der Waals surface area contributed by atoms with Crippen LogP contribution in [0.2, 0.25) is 0 Å². The third-order valence-electron chi connectivity index (χ3n) is 4.03. The summed E-state index contributed by atoms with van der Waals surface area (Å²) in [5, 5.41) is 12.2. The molecule has 0 aliphatic heterocycles. The number of rotatable bonds is 4. The normalized spacial score (nSPS) is 11.2. The number of para-hydroxylation sites is 2. The van der Waals surface area contributed by atoms with Crippen LogP contribution < -0.4 is 0 Å². The number of pyridine rings is 1. The van der Waals surface area contributed by atoms with Crippen molar-refractivity contribution in [2.75, 3.05) is 0 Å². The molecule has 0 aliphatic carbocycles. The van der Waals surface area contributed by atoms with Gasteiger partial charge in [0, 0.05) is 11.5 Å². The van der Waals surface area contributed by atoms with E-state index in [0.29, 0.717) is 17.1 Å². The topological polar surface area (TPSA) is 69.2 Å². The van der Waals surface area contributed by atoms with Crippen molar-refractivity contribution in [3.63, 3.8) is 0 Å². The zero-order valence-electron chi connectivity index (χ0n) is 13.7. The highest BCUT2D eigenvalue weighted by atomic mass is 16.6. The van der Waals surface area contributed by atoms with Crippen LogP contribution in [-0.2, 0) is 0 Å². The van der Waals surface area contributed by atoms with Crippen LogP contribution in [-0.4, -0.2) is 9.91 Å². The van der Waals surface area contributed by atoms with E-state index in [9.17, 15) is 10.1 Å². The standard InChI is InChI=1S/C21H14N2O3/c24-23(25)20-8-4-2-6-18(20)21-14-13-17(26-21)12-11-16-10-9-15-5-1-3-7-19(15)22-16/h1-14H. The largest absolute Gasteiger partial charge is 0.456 e. The van der Waals surface area contributed by atoms with E-state index in [4.69, 9.17) is 4.42 Å². The van der Waals surface area contributed by atoms with E-state index in [1.165, 1.54) is 6.07 Å². The monoisotopic (exact) mass is 342 g/mol. The molecule has 0 bridgehead atoms. The Hall–Kier alpha value is -3.73. The number of benzene rings is 2. The highest BCUT2D eigenvalue weighted by Gasteiger charge is 2.16. The number of hydrogen-bond acceptors (Lipinski definition) is 4. The molecular weight excluding hydrogens is 328 g/mol. The van der Waals surface area contributed by atoms with Gasteiger partial charge in [-0.15, -0.1) is 0 Å². The second-order valence-electron chi connectivity index (χ2n) is 5.74. The molecule has 4 rings (SSSR count). The summed E-state index contributed by atoms with van der Waals surface area (Å²) in [6.07, 6.45) is 3.66. The summed E-state index contributed by atoms with van der Waals surface area (Å²) < 4.78 is 5.75. The molecule has 4 aromatic rings. The fourth-order valence-electron chi connectivity index (χ4n) is 2.77. The van der Waals surface area contributed by atoms with Gasteiger partial charge in [-0.1, -0.05) is 36.4 Å². The predicted octanol–water partition coefficient (Wildman–Crippen LogP) is 5.57. The molecule has 0 fully saturated rings. The molecule has 5 heteroatoms. The highest BCUT2D eigenvalue weighted by molar-refractivity contribution is 5.80. The van der Waals surface area contributed by atoms with Crippen molar-refractivity contribution in [2.24, 2.45) is 0 Å². The molecule has 0 saturated heterocycles. The minimum Gasteiger partial charge on any atom is -0.456 e. The molecule has 0 atom stereocenters. The minimum absolute atomic E-state index is 0.0218. The smallest absolute Gasteiger partial charge is 0.280 e. The molecule has 2 aromatic carbocycles. The molecule has 0 unspecified atom stereocenters. The molecule has 0 amide bonds. The number of nitrogens with zero attached hydrogens (tertiary/aromatic N) is 2. The number of nitro benzene ring substituents is 1. The predicted molar refractivity (Wildman–Crippen MR) is 101 cm³/mol. The minimum atomic E-state index is -0.410. The Morgan fingerprint density at radius 1 is 0.885 bits per heavy atom. The molecular formula is C21H14N2O3. The number of furan rings is 1. The van der Waals surface area contributed by atoms with Crippen molar-refractivity contribution >= 4 is 28.7 Å². The van der Waals surface area contributed by atoms with Crippen molar-refractivity contribution in [3.8, 4) is 11.3 Å². The summed E-state index contributed by atoms with van der Waals surface area (Å²) in [6.45, 7) is 0. The van der Waals surface area contributed by atoms with E-state index >= 15 is 0 Å². The van der Waals surface area contributed by atoms with Crippen molar-refractivity contribution in [1.29, 1.82) is 0 Å². The maximum absolute atomic E-state index is 11.2. The second kappa shape index (κ2) is 6.64. The zero-order valence-corrected chi connectivity index (χ0v) is 13.7. The van der Waals surface area contributed by atoms with Gasteiger partial charge >= 0.3 is 0 Å². The van der Waals surface area contributed by atoms with Crippen LogP contribution in [0, 0.1) is 10.1 Å². The van der Waals surface area contributed by atoms with E-state index in [-0.39, 0.29) is 5.69 Å². The van der Waals surface area contributed by atoms with Gasteiger partial charge in [0.25, 0.3) is 5.69 Å². The molecule has 0 N–H and O–H groups in total. The van der Waals surface area contributed by atoms with E-state index < -0.39 is 4.92 Å². The first-order valence-electron chi connectivity index (χ1n) is 8.08. The Bertz CT molecular complexity index is 1130. The summed E-state index contributed by atoms with van der Waals surface area (Å²) in [4.78, 5) is 15.3. The fourth-order valence-corrected chi connectivity index (χ4v) is 2.77. The third kappa shape index (κ3) is 3.10. The number of hydrogen-bond donors (Lipinski definition) is 0. The van der Waals surface area contributed by atoms with Gasteiger partial charge in [-0.25, -0.2) is 4.98 Å². The molecule has 2 aromatic heterocycles. The van der Waals surface area contributed by atoms with Gasteiger partial charge in [0.1, 0.15) is 11.5 Å². The van der Waals surface area contributed by atoms with E-state index in [1.807, 2.05) is 42.5 Å². The lowest BCUT2D eigenvalue weighted by atomic mass is 10.1. The Balaban J connectivity index is 1.62. The fraction of sp³-hybridized carbons (Fsp3) is 0. The lowest BCUT2D eigenvalue weighted by Crippen LogP contribution is -1.90. The molecule has 0 radical (unpaired) electrons. The average Bonchev–Trinajstić information content (AvgIpc) is 3.15. The summed E-state index contributed by atoms with van der Waals surface area (Å²) in [6, 6.07) is 21.9. The third-order valence-corrected chi connectivity index (χ3v) is 4.03. The Morgan fingerprint density at radius 2 is 1.69 bits per heavy atom. The van der Waals surface area contributed by atoms with Gasteiger partial charge in [0.05, 0.1) is 21.7 Å². The van der Waals surface area contributed by atoms with Crippen molar-refractivity contribution in [2.45, 2.75) is 0 Å². The lowest BCUT2D eigenvalue weighted by Gasteiger charge is -1.99. The number of nitro groups is 1. The first-order valence-corrected chi connectivity index (χ1v) is 8.08. The van der Waals surface area contributed by atoms with Gasteiger partial charge in [-0.05, 0) is 42.5 Å². The summed E-state index contributed by atoms with van der Waals surface area (Å²) >= 11 is 0. The maximum Gasteiger partial charge on any atom is 0.280 e. The molecule has 0 aliphatic rings. The summed E-state index contributed by atoms with van der Waals surface area (Å²) in [7, 11) is 0. The Morgan fingerprint density at radius 3 is 2.58 bits per heavy atom. The van der Waals surface area contributed by atoms with E-state index in [2.05, 4.69) is 4.98 Å². The molecule has 5 nitrogen and oxygen atoms in total. The lowest BCUT2D eigenvalue weighted by molar-refractivity contribution is -0.384. The van der Waals surface area contributed by atoms with Crippen LogP contribution >= 0.6 is 0 Å². The van der Waals surface area contributed by atoms with Crippen LogP contribution in [0.25, 0.3) is 34.4 Å². The van der Waals surface area contributed by atoms with Gasteiger partial charge in [0.2, 0.25) is 0 Å². The van der Waals surface area contributed by atoms with E-state index in [0.717, 1.165) is 16.6 Å². The van der Waals surface area contributed by atoms with Crippen LogP contribution in [0.3, 0.4) is 0 Å². The summed E-state index contributed by atoms with van der Waals surface area (Å²) in [5.41, 5.74) is 2.22. The van der Waals surface area contributed by atoms with Gasteiger partial charge < -0.3 is 4.42 Å². The molecule has 26 heavy (non-hydrogen) atoms. The Labute approximate surface area is 149 Å². The number of fused-ring (bicyclic) bond motifs is 1. The van der Waals surface area contributed by atoms with Crippen molar-refractivity contribution in [3.05, 3.63) is 94.4 Å². The maximum atomic E-state index is 11.2. The molecule has 2 heterocycles. The van der Waals surface area contributed by atoms with Gasteiger partial charge in [-0.3, -0.25) is 10.1 Å². The van der Waals surface area contributed by atoms with Crippen LogP contribution in [0.4, 0.5) is 5.69 Å². The van der Waals surface area contributed by atoms with Crippen LogP contribution in [0.15, 0.2) is 77.2 Å². The molecule has 0 saturated carbocycles. The van der Waals surface area contributed by atoms with Crippen LogP contribution in [0.5, 0.6) is 0 Å². The second-order valence-corrected chi connectivity index (χ2v) is 5.74. The molecule has 0 spiro atoms. The average molecular weight is 342 g/mol. The first-order chi connectivity index (χ1) is 12.7. The van der Waals surface area contributed by atoms with Gasteiger partial charge in [0.15, 0.2) is 0 Å². The molecule has 126 valence electrons. The highest BCUT2D eigenvalue weighted by Crippen LogP contribution is 2.31. The van der Waals surface area contributed by atoms with Crippen LogP contribution in [0.1, 0.15) is 11.5 Å². The van der Waals surface area contributed by atoms with Crippen molar-refractivity contribution in [1.82, 2.24) is 4.98 Å². The number of aromatic nitrogens is 1. The first kappa shape index (κ1) is 15.8. The quantitative estimate of drug-likeness (QED) is 0.359. The summed E-state index contributed by atoms with van der Waals surface area (Å²) in [5.74, 6) is 1.07. The Kier molecular flexibility index (Phi) is 4.03. The van der Waals surface area contributed by atoms with Crippen molar-refractivity contribution < 1.29 is 9.34 Å². The zero-order chi connectivity index (χ0) is 17.9. The SMILES string of the molecule is O=[N+]([O-])c1ccccc1-c1ccc(C=Cc2ccc3ccccc3n2)o1. The van der Waals surface area contributed by atoms with E-state index in [1.54, 1.807) is 36.4 Å². The van der Waals surface area contributed by atoms with Gasteiger partial charge in [-0.2, -0.15) is 0 Å².